The zero-order valence-corrected chi connectivity index (χ0v) is 16.2. The number of fused-ring (bicyclic) bond motifs is 2. The molecule has 1 aromatic carbocycles. The minimum atomic E-state index is -0.754. The molecule has 4 rings (SSSR count). The summed E-state index contributed by atoms with van der Waals surface area (Å²) in [5.41, 5.74) is 1.66. The van der Waals surface area contributed by atoms with Crippen molar-refractivity contribution in [1.82, 2.24) is 5.32 Å². The summed E-state index contributed by atoms with van der Waals surface area (Å²) in [6.07, 6.45) is 2.10. The fraction of sp³-hybridized carbons (Fsp3) is 0.400. The van der Waals surface area contributed by atoms with E-state index in [1.54, 1.807) is 13.1 Å². The SMILES string of the molecule is CNC(=O)c1c(NC(=O)[C@@H]2COc3ccccc3O2)sc2c1CC[C@H](C)C2. The Balaban J connectivity index is 1.57. The van der Waals surface area contributed by atoms with Crippen LogP contribution in [0.5, 0.6) is 11.5 Å². The summed E-state index contributed by atoms with van der Waals surface area (Å²) in [6, 6.07) is 7.27. The molecule has 2 aromatic rings. The molecule has 1 aromatic heterocycles. The summed E-state index contributed by atoms with van der Waals surface area (Å²) < 4.78 is 11.4. The molecule has 0 radical (unpaired) electrons. The lowest BCUT2D eigenvalue weighted by molar-refractivity contribution is -0.125. The van der Waals surface area contributed by atoms with Crippen molar-refractivity contribution >= 4 is 28.2 Å². The Bertz CT molecular complexity index is 892. The van der Waals surface area contributed by atoms with Crippen LogP contribution < -0.4 is 20.1 Å². The van der Waals surface area contributed by atoms with E-state index in [9.17, 15) is 9.59 Å². The molecule has 27 heavy (non-hydrogen) atoms. The molecule has 0 fully saturated rings. The molecule has 0 spiro atoms. The van der Waals surface area contributed by atoms with Crippen LogP contribution in [0.3, 0.4) is 0 Å². The van der Waals surface area contributed by atoms with Crippen molar-refractivity contribution in [1.29, 1.82) is 0 Å². The van der Waals surface area contributed by atoms with Crippen LogP contribution in [0, 0.1) is 5.92 Å². The van der Waals surface area contributed by atoms with Gasteiger partial charge in [-0.3, -0.25) is 9.59 Å². The summed E-state index contributed by atoms with van der Waals surface area (Å²) in [7, 11) is 1.61. The predicted octanol–water partition coefficient (Wildman–Crippen LogP) is 3.01. The van der Waals surface area contributed by atoms with Crippen molar-refractivity contribution in [2.24, 2.45) is 5.92 Å². The number of hydrogen-bond acceptors (Lipinski definition) is 5. The second kappa shape index (κ2) is 7.23. The van der Waals surface area contributed by atoms with Gasteiger partial charge in [0.15, 0.2) is 11.5 Å². The van der Waals surface area contributed by atoms with Crippen LogP contribution in [0.4, 0.5) is 5.00 Å². The van der Waals surface area contributed by atoms with Gasteiger partial charge in [-0.1, -0.05) is 19.1 Å². The first kappa shape index (κ1) is 17.9. The summed E-state index contributed by atoms with van der Waals surface area (Å²) in [4.78, 5) is 26.4. The fourth-order valence-corrected chi connectivity index (χ4v) is 4.96. The average Bonchev–Trinajstić information content (AvgIpc) is 3.03. The monoisotopic (exact) mass is 386 g/mol. The normalized spacial score (nSPS) is 20.5. The number of rotatable bonds is 3. The van der Waals surface area contributed by atoms with Crippen molar-refractivity contribution in [2.75, 3.05) is 19.0 Å². The lowest BCUT2D eigenvalue weighted by Crippen LogP contribution is -2.40. The molecule has 6 nitrogen and oxygen atoms in total. The summed E-state index contributed by atoms with van der Waals surface area (Å²) in [5.74, 6) is 1.30. The van der Waals surface area contributed by atoms with Crippen LogP contribution in [0.1, 0.15) is 34.1 Å². The molecular weight excluding hydrogens is 364 g/mol. The van der Waals surface area contributed by atoms with Crippen LogP contribution in [-0.4, -0.2) is 31.6 Å². The molecular formula is C20H22N2O4S. The first-order chi connectivity index (χ1) is 13.1. The topological polar surface area (TPSA) is 76.7 Å². The highest BCUT2D eigenvalue weighted by Gasteiger charge is 2.31. The number of thiophene rings is 1. The Kier molecular flexibility index (Phi) is 4.78. The number of benzene rings is 1. The summed E-state index contributed by atoms with van der Waals surface area (Å²) in [6.45, 7) is 2.35. The van der Waals surface area contributed by atoms with Crippen LogP contribution in [0.2, 0.25) is 0 Å². The molecule has 1 aliphatic heterocycles. The van der Waals surface area contributed by atoms with Crippen LogP contribution in [-0.2, 0) is 17.6 Å². The van der Waals surface area contributed by atoms with E-state index < -0.39 is 6.10 Å². The fourth-order valence-electron chi connectivity index (χ4n) is 3.55. The van der Waals surface area contributed by atoms with Crippen molar-refractivity contribution in [2.45, 2.75) is 32.3 Å². The van der Waals surface area contributed by atoms with E-state index in [1.807, 2.05) is 18.2 Å². The first-order valence-electron chi connectivity index (χ1n) is 9.12. The van der Waals surface area contributed by atoms with E-state index in [1.165, 1.54) is 16.2 Å². The second-order valence-corrected chi connectivity index (χ2v) is 8.09. The molecule has 7 heteroatoms. The third-order valence-corrected chi connectivity index (χ3v) is 6.17. The van der Waals surface area contributed by atoms with Gasteiger partial charge < -0.3 is 20.1 Å². The molecule has 0 saturated heterocycles. The first-order valence-corrected chi connectivity index (χ1v) is 9.94. The van der Waals surface area contributed by atoms with Crippen molar-refractivity contribution in [3.05, 3.63) is 40.3 Å². The molecule has 0 saturated carbocycles. The Morgan fingerprint density at radius 1 is 1.22 bits per heavy atom. The molecule has 2 atom stereocenters. The molecule has 142 valence electrons. The van der Waals surface area contributed by atoms with Crippen molar-refractivity contribution in [3.63, 3.8) is 0 Å². The Hall–Kier alpha value is -2.54. The van der Waals surface area contributed by atoms with Gasteiger partial charge in [0.1, 0.15) is 11.6 Å². The minimum Gasteiger partial charge on any atom is -0.485 e. The van der Waals surface area contributed by atoms with E-state index in [0.717, 1.165) is 24.8 Å². The van der Waals surface area contributed by atoms with E-state index in [0.29, 0.717) is 28.0 Å². The minimum absolute atomic E-state index is 0.139. The zero-order chi connectivity index (χ0) is 19.0. The van der Waals surface area contributed by atoms with Gasteiger partial charge in [-0.15, -0.1) is 11.3 Å². The second-order valence-electron chi connectivity index (χ2n) is 6.99. The quantitative estimate of drug-likeness (QED) is 0.850. The summed E-state index contributed by atoms with van der Waals surface area (Å²) >= 11 is 1.50. The standard InChI is InChI=1S/C20H22N2O4S/c1-11-7-8-12-16(9-11)27-20(17(12)19(24)21-2)22-18(23)15-10-25-13-5-3-4-6-14(13)26-15/h3-6,11,15H,7-10H2,1-2H3,(H,21,24)(H,22,23)/t11-,15-/m0/s1. The molecule has 0 bridgehead atoms. The summed E-state index contributed by atoms with van der Waals surface area (Å²) in [5, 5.41) is 6.21. The van der Waals surface area contributed by atoms with Gasteiger partial charge in [-0.05, 0) is 42.9 Å². The van der Waals surface area contributed by atoms with E-state index >= 15 is 0 Å². The van der Waals surface area contributed by atoms with Crippen LogP contribution in [0.15, 0.2) is 24.3 Å². The lowest BCUT2D eigenvalue weighted by atomic mass is 9.88. The highest BCUT2D eigenvalue weighted by molar-refractivity contribution is 7.17. The Morgan fingerprint density at radius 2 is 2.00 bits per heavy atom. The maximum absolute atomic E-state index is 12.8. The van der Waals surface area contributed by atoms with Gasteiger partial charge in [-0.2, -0.15) is 0 Å². The molecule has 2 aliphatic rings. The number of hydrogen-bond donors (Lipinski definition) is 2. The maximum atomic E-state index is 12.8. The number of ether oxygens (including phenoxy) is 2. The van der Waals surface area contributed by atoms with Gasteiger partial charge in [0.05, 0.1) is 5.56 Å². The molecule has 2 heterocycles. The number of para-hydroxylation sites is 2. The van der Waals surface area contributed by atoms with Gasteiger partial charge in [-0.25, -0.2) is 0 Å². The third kappa shape index (κ3) is 3.39. The lowest BCUT2D eigenvalue weighted by Gasteiger charge is -2.25. The smallest absolute Gasteiger partial charge is 0.269 e. The van der Waals surface area contributed by atoms with Crippen molar-refractivity contribution in [3.8, 4) is 11.5 Å². The van der Waals surface area contributed by atoms with Crippen LogP contribution in [0.25, 0.3) is 0 Å². The maximum Gasteiger partial charge on any atom is 0.269 e. The number of nitrogens with one attached hydrogen (secondary N) is 2. The molecule has 2 N–H and O–H groups in total. The predicted molar refractivity (Wildman–Crippen MR) is 104 cm³/mol. The van der Waals surface area contributed by atoms with Gasteiger partial charge in [0.25, 0.3) is 11.8 Å². The number of carbonyl (C=O) groups excluding carboxylic acids is 2. The van der Waals surface area contributed by atoms with Crippen LogP contribution >= 0.6 is 11.3 Å². The molecule has 2 amide bonds. The zero-order valence-electron chi connectivity index (χ0n) is 15.3. The molecule has 1 aliphatic carbocycles. The van der Waals surface area contributed by atoms with Gasteiger partial charge >= 0.3 is 0 Å². The average molecular weight is 386 g/mol. The Morgan fingerprint density at radius 3 is 2.78 bits per heavy atom. The Labute approximate surface area is 161 Å². The number of amides is 2. The highest BCUT2D eigenvalue weighted by Crippen LogP contribution is 2.40. The number of anilines is 1. The van der Waals surface area contributed by atoms with Gasteiger partial charge in [0.2, 0.25) is 6.10 Å². The van der Waals surface area contributed by atoms with E-state index in [-0.39, 0.29) is 18.4 Å². The highest BCUT2D eigenvalue weighted by atomic mass is 32.1. The largest absolute Gasteiger partial charge is 0.485 e. The molecule has 0 unspecified atom stereocenters. The third-order valence-electron chi connectivity index (χ3n) is 5.00. The number of carbonyl (C=O) groups is 2. The van der Waals surface area contributed by atoms with E-state index in [2.05, 4.69) is 17.6 Å². The van der Waals surface area contributed by atoms with E-state index in [4.69, 9.17) is 9.47 Å². The van der Waals surface area contributed by atoms with Gasteiger partial charge in [0, 0.05) is 11.9 Å². The van der Waals surface area contributed by atoms with Crippen molar-refractivity contribution < 1.29 is 19.1 Å².